The fourth-order valence-corrected chi connectivity index (χ4v) is 6.49. The maximum Gasteiger partial charge on any atom is 0.417 e. The van der Waals surface area contributed by atoms with Crippen molar-refractivity contribution in [1.29, 1.82) is 0 Å². The van der Waals surface area contributed by atoms with Crippen LogP contribution in [0.1, 0.15) is 49.9 Å². The number of rotatable bonds is 5. The number of ether oxygens (including phenoxy) is 4. The first-order valence-electron chi connectivity index (χ1n) is 15.4. The van der Waals surface area contributed by atoms with Gasteiger partial charge in [-0.3, -0.25) is 10.1 Å². The number of morpholine rings is 1. The maximum atomic E-state index is 14.4. The minimum absolute atomic E-state index is 0.0367. The summed E-state index contributed by atoms with van der Waals surface area (Å²) in [7, 11) is 0. The lowest BCUT2D eigenvalue weighted by Crippen LogP contribution is -2.49. The zero-order chi connectivity index (χ0) is 30.3. The van der Waals surface area contributed by atoms with Crippen LogP contribution < -0.4 is 19.7 Å². The second kappa shape index (κ2) is 11.7. The highest BCUT2D eigenvalue weighted by atomic mass is 16.6. The van der Waals surface area contributed by atoms with Crippen molar-refractivity contribution in [2.75, 3.05) is 43.1 Å². The highest BCUT2D eigenvalue weighted by Crippen LogP contribution is 2.39. The minimum Gasteiger partial charge on any atom is -0.469 e. The predicted molar refractivity (Wildman–Crippen MR) is 163 cm³/mol. The summed E-state index contributed by atoms with van der Waals surface area (Å²) in [4.78, 5) is 40.9. The zero-order valence-electron chi connectivity index (χ0n) is 25.0. The van der Waals surface area contributed by atoms with Crippen LogP contribution >= 0.6 is 0 Å². The lowest BCUT2D eigenvalue weighted by molar-refractivity contribution is 0.00668. The van der Waals surface area contributed by atoms with Gasteiger partial charge in [-0.05, 0) is 63.8 Å². The second-order valence-corrected chi connectivity index (χ2v) is 12.5. The molecule has 0 radical (unpaired) electrons. The molecule has 1 aromatic heterocycles. The first kappa shape index (κ1) is 28.5. The molecule has 0 aliphatic carbocycles. The Morgan fingerprint density at radius 2 is 1.66 bits per heavy atom. The summed E-state index contributed by atoms with van der Waals surface area (Å²) in [6.07, 6.45) is 3.25. The molecule has 11 heteroatoms. The van der Waals surface area contributed by atoms with E-state index < -0.39 is 11.7 Å². The van der Waals surface area contributed by atoms with Gasteiger partial charge in [0.1, 0.15) is 16.9 Å². The van der Waals surface area contributed by atoms with E-state index in [0.29, 0.717) is 72.9 Å². The molecule has 0 saturated carbocycles. The van der Waals surface area contributed by atoms with Gasteiger partial charge in [0.15, 0.2) is 0 Å². The standard InChI is InChI=1S/C33H37N5O6/c1-33(2)20-38(23-14-16-41-17-15-23)30(39)27-28(35-31(36-29(27)44-33)37-18-25-12-13-26(19-37)42-25)21-8-10-22(11-9-21)34-32(40)43-24-6-4-3-5-7-24/h3-11,23,25-26H,12-20H2,1-2H3,(H,34,40). The molecule has 11 nitrogen and oxygen atoms in total. The maximum absolute atomic E-state index is 14.4. The van der Waals surface area contributed by atoms with Gasteiger partial charge in [0, 0.05) is 43.6 Å². The molecule has 2 atom stereocenters. The van der Waals surface area contributed by atoms with E-state index in [2.05, 4.69) is 10.2 Å². The Labute approximate surface area is 256 Å². The topological polar surface area (TPSA) is 115 Å². The van der Waals surface area contributed by atoms with Crippen molar-refractivity contribution in [3.05, 3.63) is 60.2 Å². The number of nitrogens with zero attached hydrogens (tertiary/aromatic N) is 4. The number of benzene rings is 2. The summed E-state index contributed by atoms with van der Waals surface area (Å²) in [6, 6.07) is 16.1. The summed E-state index contributed by atoms with van der Waals surface area (Å²) in [6.45, 7) is 7.02. The first-order valence-corrected chi connectivity index (χ1v) is 15.4. The van der Waals surface area contributed by atoms with Crippen LogP contribution in [0.25, 0.3) is 11.3 Å². The highest BCUT2D eigenvalue weighted by molar-refractivity contribution is 6.03. The number of amides is 2. The zero-order valence-corrected chi connectivity index (χ0v) is 25.0. The number of fused-ring (bicyclic) bond motifs is 3. The summed E-state index contributed by atoms with van der Waals surface area (Å²) in [5.41, 5.74) is 1.45. The van der Waals surface area contributed by atoms with Crippen LogP contribution in [0, 0.1) is 0 Å². The third kappa shape index (κ3) is 5.94. The summed E-state index contributed by atoms with van der Waals surface area (Å²) < 4.78 is 23.6. The van der Waals surface area contributed by atoms with Gasteiger partial charge in [-0.2, -0.15) is 4.98 Å². The molecule has 5 heterocycles. The van der Waals surface area contributed by atoms with Gasteiger partial charge in [-0.1, -0.05) is 30.3 Å². The van der Waals surface area contributed by atoms with Crippen molar-refractivity contribution in [2.45, 2.75) is 63.4 Å². The Morgan fingerprint density at radius 3 is 2.36 bits per heavy atom. The molecule has 44 heavy (non-hydrogen) atoms. The van der Waals surface area contributed by atoms with E-state index in [4.69, 9.17) is 28.9 Å². The van der Waals surface area contributed by atoms with E-state index in [9.17, 15) is 9.59 Å². The number of anilines is 2. The van der Waals surface area contributed by atoms with Gasteiger partial charge in [0.2, 0.25) is 11.8 Å². The SMILES string of the molecule is CC1(C)CN(C2CCOCC2)C(=O)c2c(nc(N3CC4CCC(C3)O4)nc2-c2ccc(NC(=O)Oc3ccccc3)cc2)O1. The Balaban J connectivity index is 1.25. The molecule has 3 fully saturated rings. The number of hydrogen-bond donors (Lipinski definition) is 1. The quantitative estimate of drug-likeness (QED) is 0.437. The van der Waals surface area contributed by atoms with Crippen LogP contribution in [0.4, 0.5) is 16.4 Å². The molecule has 2 amide bonds. The van der Waals surface area contributed by atoms with Crippen LogP contribution in [-0.4, -0.2) is 83.6 Å². The highest BCUT2D eigenvalue weighted by Gasteiger charge is 2.42. The summed E-state index contributed by atoms with van der Waals surface area (Å²) in [5, 5.41) is 2.76. The van der Waals surface area contributed by atoms with Gasteiger partial charge >= 0.3 is 6.09 Å². The van der Waals surface area contributed by atoms with Crippen molar-refractivity contribution in [3.8, 4) is 22.9 Å². The van der Waals surface area contributed by atoms with Gasteiger partial charge in [0.05, 0.1) is 24.4 Å². The minimum atomic E-state index is -0.668. The summed E-state index contributed by atoms with van der Waals surface area (Å²) >= 11 is 0. The fraction of sp³-hybridized carbons (Fsp3) is 0.455. The Kier molecular flexibility index (Phi) is 7.59. The van der Waals surface area contributed by atoms with E-state index in [1.165, 1.54) is 0 Å². The van der Waals surface area contributed by atoms with Gasteiger partial charge < -0.3 is 28.7 Å². The molecule has 7 rings (SSSR count). The lowest BCUT2D eigenvalue weighted by atomic mass is 10.0. The number of nitrogens with one attached hydrogen (secondary N) is 1. The molecule has 1 N–H and O–H groups in total. The second-order valence-electron chi connectivity index (χ2n) is 12.5. The van der Waals surface area contributed by atoms with Crippen molar-refractivity contribution in [1.82, 2.24) is 14.9 Å². The molecule has 4 aliphatic rings. The van der Waals surface area contributed by atoms with Crippen molar-refractivity contribution < 1.29 is 28.5 Å². The molecule has 3 saturated heterocycles. The molecule has 230 valence electrons. The lowest BCUT2D eigenvalue weighted by Gasteiger charge is -2.36. The number of aromatic nitrogens is 2. The monoisotopic (exact) mass is 599 g/mol. The molecular weight excluding hydrogens is 562 g/mol. The van der Waals surface area contributed by atoms with Crippen molar-refractivity contribution in [2.24, 2.45) is 0 Å². The van der Waals surface area contributed by atoms with E-state index in [0.717, 1.165) is 25.7 Å². The molecule has 3 aromatic rings. The number of para-hydroxylation sites is 1. The molecule has 4 aliphatic heterocycles. The number of hydrogen-bond acceptors (Lipinski definition) is 9. The van der Waals surface area contributed by atoms with Gasteiger partial charge in [0.25, 0.3) is 5.91 Å². The van der Waals surface area contributed by atoms with Crippen LogP contribution in [-0.2, 0) is 9.47 Å². The smallest absolute Gasteiger partial charge is 0.417 e. The predicted octanol–water partition coefficient (Wildman–Crippen LogP) is 4.91. The third-order valence-electron chi connectivity index (χ3n) is 8.58. The summed E-state index contributed by atoms with van der Waals surface area (Å²) in [5.74, 6) is 1.12. The number of carbonyl (C=O) groups excluding carboxylic acids is 2. The largest absolute Gasteiger partial charge is 0.469 e. The third-order valence-corrected chi connectivity index (χ3v) is 8.58. The molecule has 2 unspecified atom stereocenters. The first-order chi connectivity index (χ1) is 21.3. The van der Waals surface area contributed by atoms with E-state index in [1.807, 2.05) is 36.9 Å². The van der Waals surface area contributed by atoms with Crippen LogP contribution in [0.2, 0.25) is 0 Å². The van der Waals surface area contributed by atoms with E-state index >= 15 is 0 Å². The molecule has 2 aromatic carbocycles. The Bertz CT molecular complexity index is 1510. The Hall–Kier alpha value is -4.22. The van der Waals surface area contributed by atoms with Gasteiger partial charge in [-0.25, -0.2) is 9.78 Å². The average Bonchev–Trinajstić information content (AvgIpc) is 3.31. The normalized spacial score (nSPS) is 23.0. The van der Waals surface area contributed by atoms with E-state index in [-0.39, 0.29) is 24.2 Å². The fourth-order valence-electron chi connectivity index (χ4n) is 6.49. The van der Waals surface area contributed by atoms with Crippen LogP contribution in [0.15, 0.2) is 54.6 Å². The molecule has 2 bridgehead atoms. The van der Waals surface area contributed by atoms with Crippen LogP contribution in [0.3, 0.4) is 0 Å². The van der Waals surface area contributed by atoms with Gasteiger partial charge in [-0.15, -0.1) is 0 Å². The van der Waals surface area contributed by atoms with Crippen molar-refractivity contribution in [3.63, 3.8) is 0 Å². The average molecular weight is 600 g/mol. The molecule has 0 spiro atoms. The van der Waals surface area contributed by atoms with Crippen molar-refractivity contribution >= 4 is 23.6 Å². The Morgan fingerprint density at radius 1 is 0.955 bits per heavy atom. The number of carbonyl (C=O) groups is 2. The van der Waals surface area contributed by atoms with Crippen LogP contribution in [0.5, 0.6) is 11.6 Å². The molecular formula is C33H37N5O6. The van der Waals surface area contributed by atoms with E-state index in [1.54, 1.807) is 36.4 Å².